The van der Waals surface area contributed by atoms with Crippen molar-refractivity contribution in [2.45, 2.75) is 13.0 Å². The molecule has 7 nitrogen and oxygen atoms in total. The molecule has 2 aromatic heterocycles. The number of esters is 1. The minimum atomic E-state index is -0.943. The number of furan rings is 1. The van der Waals surface area contributed by atoms with Crippen molar-refractivity contribution in [3.63, 3.8) is 0 Å². The van der Waals surface area contributed by atoms with Gasteiger partial charge in [0.2, 0.25) is 5.78 Å². The molecule has 0 saturated carbocycles. The minimum absolute atomic E-state index is 0.0852. The Morgan fingerprint density at radius 2 is 1.74 bits per heavy atom. The Balaban J connectivity index is 1.50. The number of para-hydroxylation sites is 1. The zero-order valence-electron chi connectivity index (χ0n) is 16.8. The van der Waals surface area contributed by atoms with Gasteiger partial charge in [-0.05, 0) is 30.7 Å². The van der Waals surface area contributed by atoms with Crippen molar-refractivity contribution >= 4 is 28.6 Å². The molecule has 0 bridgehead atoms. The summed E-state index contributed by atoms with van der Waals surface area (Å²) in [6.07, 6.45) is 1.36. The van der Waals surface area contributed by atoms with Crippen LogP contribution in [0, 0.1) is 0 Å². The molecule has 0 unspecified atom stereocenters. The molecule has 0 spiro atoms. The van der Waals surface area contributed by atoms with Crippen LogP contribution in [0.4, 0.5) is 0 Å². The van der Waals surface area contributed by atoms with Gasteiger partial charge in [0.05, 0.1) is 17.5 Å². The number of Topliss-reactive ketones (excluding diaryl/α,β-unsaturated/α-hetero) is 1. The van der Waals surface area contributed by atoms with E-state index in [0.29, 0.717) is 11.3 Å². The van der Waals surface area contributed by atoms with Gasteiger partial charge in [0.25, 0.3) is 5.91 Å². The molecule has 7 heteroatoms. The first-order valence-electron chi connectivity index (χ1n) is 9.75. The minimum Gasteiger partial charge on any atom is -0.459 e. The first-order chi connectivity index (χ1) is 15.0. The molecule has 2 N–H and O–H groups in total. The zero-order valence-corrected chi connectivity index (χ0v) is 16.8. The highest BCUT2D eigenvalue weighted by molar-refractivity contribution is 6.14. The predicted molar refractivity (Wildman–Crippen MR) is 115 cm³/mol. The summed E-state index contributed by atoms with van der Waals surface area (Å²) in [6.45, 7) is 1.04. The Kier molecular flexibility index (Phi) is 5.66. The fraction of sp³-hybridized carbons (Fsp3) is 0.125. The maximum Gasteiger partial charge on any atom is 0.328 e. The van der Waals surface area contributed by atoms with Crippen molar-refractivity contribution in [1.29, 1.82) is 0 Å². The van der Waals surface area contributed by atoms with Crippen LogP contribution in [0.5, 0.6) is 0 Å². The Hall–Kier alpha value is -4.13. The van der Waals surface area contributed by atoms with E-state index < -0.39 is 24.5 Å². The largest absolute Gasteiger partial charge is 0.459 e. The molecule has 0 aliphatic heterocycles. The number of hydrogen-bond donors (Lipinski definition) is 2. The summed E-state index contributed by atoms with van der Waals surface area (Å²) < 4.78 is 10.2. The lowest BCUT2D eigenvalue weighted by atomic mass is 10.0. The Morgan fingerprint density at radius 1 is 1.00 bits per heavy atom. The second kappa shape index (κ2) is 8.71. The number of fused-ring (bicyclic) bond motifs is 1. The monoisotopic (exact) mass is 416 g/mol. The summed E-state index contributed by atoms with van der Waals surface area (Å²) in [6, 6.07) is 19.1. The van der Waals surface area contributed by atoms with Crippen LogP contribution in [-0.4, -0.2) is 35.3 Å². The summed E-state index contributed by atoms with van der Waals surface area (Å²) in [7, 11) is 0. The Labute approximate surface area is 178 Å². The van der Waals surface area contributed by atoms with Crippen LogP contribution >= 0.6 is 0 Å². The van der Waals surface area contributed by atoms with Gasteiger partial charge in [-0.15, -0.1) is 0 Å². The van der Waals surface area contributed by atoms with E-state index in [-0.39, 0.29) is 11.5 Å². The van der Waals surface area contributed by atoms with Crippen LogP contribution in [0.25, 0.3) is 22.2 Å². The van der Waals surface area contributed by atoms with E-state index in [1.165, 1.54) is 19.3 Å². The number of nitrogens with one attached hydrogen (secondary N) is 2. The molecule has 2 heterocycles. The average molecular weight is 416 g/mol. The first kappa shape index (κ1) is 20.2. The van der Waals surface area contributed by atoms with Gasteiger partial charge in [-0.2, -0.15) is 0 Å². The zero-order chi connectivity index (χ0) is 21.8. The van der Waals surface area contributed by atoms with E-state index in [1.807, 2.05) is 54.6 Å². The van der Waals surface area contributed by atoms with Crippen LogP contribution in [0.3, 0.4) is 0 Å². The fourth-order valence-electron chi connectivity index (χ4n) is 3.32. The molecule has 31 heavy (non-hydrogen) atoms. The number of ketones is 1. The van der Waals surface area contributed by atoms with Crippen LogP contribution in [0.2, 0.25) is 0 Å². The molecule has 4 aromatic rings. The summed E-state index contributed by atoms with van der Waals surface area (Å²) in [5, 5.41) is 3.23. The van der Waals surface area contributed by atoms with Crippen LogP contribution in [0.1, 0.15) is 27.8 Å². The quantitative estimate of drug-likeness (QED) is 0.351. The van der Waals surface area contributed by atoms with E-state index in [1.54, 1.807) is 6.07 Å². The van der Waals surface area contributed by atoms with E-state index in [4.69, 9.17) is 9.15 Å². The topological polar surface area (TPSA) is 101 Å². The highest BCUT2D eigenvalue weighted by Gasteiger charge is 2.23. The number of rotatable bonds is 7. The summed E-state index contributed by atoms with van der Waals surface area (Å²) >= 11 is 0. The Bertz CT molecular complexity index is 1230. The Morgan fingerprint density at radius 3 is 2.48 bits per heavy atom. The lowest BCUT2D eigenvalue weighted by molar-refractivity contribution is -0.144. The van der Waals surface area contributed by atoms with E-state index in [9.17, 15) is 14.4 Å². The molecule has 0 aliphatic rings. The van der Waals surface area contributed by atoms with Crippen molar-refractivity contribution < 1.29 is 23.5 Å². The van der Waals surface area contributed by atoms with Crippen LogP contribution < -0.4 is 5.32 Å². The van der Waals surface area contributed by atoms with Crippen molar-refractivity contribution in [2.75, 3.05) is 6.61 Å². The maximum atomic E-state index is 13.1. The molecule has 0 saturated heterocycles. The molecule has 2 aromatic carbocycles. The van der Waals surface area contributed by atoms with Gasteiger partial charge in [-0.1, -0.05) is 48.5 Å². The van der Waals surface area contributed by atoms with Gasteiger partial charge in [0.1, 0.15) is 6.04 Å². The number of carbonyl (C=O) groups is 3. The molecular weight excluding hydrogens is 396 g/mol. The third kappa shape index (κ3) is 4.25. The number of amides is 1. The molecule has 4 rings (SSSR count). The van der Waals surface area contributed by atoms with Gasteiger partial charge in [0.15, 0.2) is 12.4 Å². The fourth-order valence-corrected chi connectivity index (χ4v) is 3.32. The standard InChI is InChI=1S/C24H20N2O5/c1-15(25-23(28)20-12-7-13-30-20)24(29)31-14-19(27)21-17-10-5-6-11-18(17)26-22(21)16-8-3-2-4-9-16/h2-13,15,26H,14H2,1H3,(H,25,28)/t15-/m0/s1. The summed E-state index contributed by atoms with van der Waals surface area (Å²) in [5.41, 5.74) is 2.80. The average Bonchev–Trinajstić information content (AvgIpc) is 3.46. The van der Waals surface area contributed by atoms with E-state index in [0.717, 1.165) is 16.5 Å². The third-order valence-corrected chi connectivity index (χ3v) is 4.84. The number of ether oxygens (including phenoxy) is 1. The van der Waals surface area contributed by atoms with Crippen molar-refractivity contribution in [1.82, 2.24) is 10.3 Å². The van der Waals surface area contributed by atoms with Crippen LogP contribution in [0.15, 0.2) is 77.4 Å². The number of aromatic amines is 1. The molecular formula is C24H20N2O5. The number of carbonyl (C=O) groups excluding carboxylic acids is 3. The van der Waals surface area contributed by atoms with Crippen LogP contribution in [-0.2, 0) is 9.53 Å². The van der Waals surface area contributed by atoms with Gasteiger partial charge in [0, 0.05) is 10.9 Å². The second-order valence-electron chi connectivity index (χ2n) is 6.99. The summed E-state index contributed by atoms with van der Waals surface area (Å²) in [5.74, 6) is -1.51. The summed E-state index contributed by atoms with van der Waals surface area (Å²) in [4.78, 5) is 40.7. The van der Waals surface area contributed by atoms with Gasteiger partial charge < -0.3 is 19.5 Å². The predicted octanol–water partition coefficient (Wildman–Crippen LogP) is 3.97. The molecule has 0 aliphatic carbocycles. The van der Waals surface area contributed by atoms with Crippen molar-refractivity contribution in [3.8, 4) is 11.3 Å². The first-order valence-corrected chi connectivity index (χ1v) is 9.75. The number of H-pyrrole nitrogens is 1. The van der Waals surface area contributed by atoms with Crippen molar-refractivity contribution in [3.05, 3.63) is 84.3 Å². The van der Waals surface area contributed by atoms with Gasteiger partial charge in [-0.3, -0.25) is 9.59 Å². The van der Waals surface area contributed by atoms with Gasteiger partial charge in [-0.25, -0.2) is 4.79 Å². The van der Waals surface area contributed by atoms with E-state index >= 15 is 0 Å². The lowest BCUT2D eigenvalue weighted by Crippen LogP contribution is -2.40. The van der Waals surface area contributed by atoms with Gasteiger partial charge >= 0.3 is 5.97 Å². The molecule has 0 fully saturated rings. The highest BCUT2D eigenvalue weighted by Crippen LogP contribution is 2.30. The lowest BCUT2D eigenvalue weighted by Gasteiger charge is -2.12. The normalized spacial score (nSPS) is 11.8. The molecule has 0 radical (unpaired) electrons. The van der Waals surface area contributed by atoms with Crippen molar-refractivity contribution in [2.24, 2.45) is 0 Å². The highest BCUT2D eigenvalue weighted by atomic mass is 16.5. The number of hydrogen-bond acceptors (Lipinski definition) is 5. The molecule has 156 valence electrons. The maximum absolute atomic E-state index is 13.1. The molecule has 1 atom stereocenters. The molecule has 1 amide bonds. The number of aromatic nitrogens is 1. The smallest absolute Gasteiger partial charge is 0.328 e. The second-order valence-corrected chi connectivity index (χ2v) is 6.99. The third-order valence-electron chi connectivity index (χ3n) is 4.84. The SMILES string of the molecule is C[C@H](NC(=O)c1ccco1)C(=O)OCC(=O)c1c(-c2ccccc2)[nH]c2ccccc12. The van der Waals surface area contributed by atoms with E-state index in [2.05, 4.69) is 10.3 Å². The number of benzene rings is 2.